The Morgan fingerprint density at radius 1 is 1.10 bits per heavy atom. The van der Waals surface area contributed by atoms with E-state index in [0.29, 0.717) is 5.92 Å². The predicted octanol–water partition coefficient (Wildman–Crippen LogP) is 6.67. The van der Waals surface area contributed by atoms with Crippen molar-refractivity contribution in [3.05, 3.63) is 33.1 Å². The van der Waals surface area contributed by atoms with Crippen LogP contribution in [-0.4, -0.2) is 0 Å². The van der Waals surface area contributed by atoms with E-state index in [2.05, 4.69) is 29.5 Å². The van der Waals surface area contributed by atoms with E-state index in [1.54, 1.807) is 12.1 Å². The van der Waals surface area contributed by atoms with E-state index in [0.717, 1.165) is 9.49 Å². The van der Waals surface area contributed by atoms with Crippen molar-refractivity contribution in [2.24, 2.45) is 5.92 Å². The van der Waals surface area contributed by atoms with Crippen molar-refractivity contribution in [1.82, 2.24) is 0 Å². The van der Waals surface area contributed by atoms with Gasteiger partial charge in [0.2, 0.25) is 0 Å². The van der Waals surface area contributed by atoms with Crippen molar-refractivity contribution in [2.75, 3.05) is 0 Å². The molecule has 1 saturated carbocycles. The zero-order valence-corrected chi connectivity index (χ0v) is 14.7. The maximum atomic E-state index is 13.2. The molecule has 112 valence electrons. The first-order chi connectivity index (χ1) is 9.70. The summed E-state index contributed by atoms with van der Waals surface area (Å²) in [5.41, 5.74) is 1.37. The molecule has 0 amide bonds. The molecule has 2 heteroatoms. The van der Waals surface area contributed by atoms with E-state index >= 15 is 0 Å². The highest BCUT2D eigenvalue weighted by molar-refractivity contribution is 14.1. The zero-order valence-electron chi connectivity index (χ0n) is 12.5. The van der Waals surface area contributed by atoms with Gasteiger partial charge in [-0.25, -0.2) is 4.39 Å². The average molecular weight is 388 g/mol. The highest BCUT2D eigenvalue weighted by Crippen LogP contribution is 2.39. The Morgan fingerprint density at radius 3 is 2.50 bits per heavy atom. The third kappa shape index (κ3) is 4.71. The lowest BCUT2D eigenvalue weighted by molar-refractivity contribution is 0.301. The SMILES string of the molecule is CCCCCCC1CCC(c2ccc(F)cc2I)CC1. The largest absolute Gasteiger partial charge is 0.207 e. The van der Waals surface area contributed by atoms with Crippen LogP contribution in [0.25, 0.3) is 0 Å². The molecule has 0 bridgehead atoms. The summed E-state index contributed by atoms with van der Waals surface area (Å²) in [6.07, 6.45) is 12.3. The molecule has 20 heavy (non-hydrogen) atoms. The number of halogens is 2. The third-order valence-electron chi connectivity index (χ3n) is 4.72. The van der Waals surface area contributed by atoms with Crippen molar-refractivity contribution in [2.45, 2.75) is 70.6 Å². The fraction of sp³-hybridized carbons (Fsp3) is 0.667. The van der Waals surface area contributed by atoms with Crippen molar-refractivity contribution < 1.29 is 4.39 Å². The lowest BCUT2D eigenvalue weighted by Crippen LogP contribution is -2.14. The van der Waals surface area contributed by atoms with E-state index in [1.807, 2.05) is 6.07 Å². The standard InChI is InChI=1S/C18H26FI/c1-2-3-4-5-6-14-7-9-15(10-8-14)17-12-11-16(19)13-18(17)20/h11-15H,2-10H2,1H3. The molecule has 1 aromatic carbocycles. The van der Waals surface area contributed by atoms with Gasteiger partial charge in [-0.1, -0.05) is 45.1 Å². The van der Waals surface area contributed by atoms with Gasteiger partial charge in [0, 0.05) is 3.57 Å². The van der Waals surface area contributed by atoms with Crippen LogP contribution in [0.4, 0.5) is 4.39 Å². The van der Waals surface area contributed by atoms with E-state index in [1.165, 1.54) is 63.4 Å². The first-order valence-corrected chi connectivity index (χ1v) is 9.23. The molecule has 0 unspecified atom stereocenters. The minimum Gasteiger partial charge on any atom is -0.207 e. The summed E-state index contributed by atoms with van der Waals surface area (Å²) < 4.78 is 14.3. The third-order valence-corrected chi connectivity index (χ3v) is 5.65. The molecule has 1 aliphatic carbocycles. The second-order valence-corrected chi connectivity index (χ2v) is 7.40. The molecule has 0 heterocycles. The lowest BCUT2D eigenvalue weighted by Gasteiger charge is -2.29. The molecule has 1 aromatic rings. The van der Waals surface area contributed by atoms with Crippen LogP contribution in [0.5, 0.6) is 0 Å². The summed E-state index contributed by atoms with van der Waals surface area (Å²) in [5, 5.41) is 0. The van der Waals surface area contributed by atoms with Crippen LogP contribution < -0.4 is 0 Å². The van der Waals surface area contributed by atoms with Crippen LogP contribution in [0, 0.1) is 15.3 Å². The molecule has 0 spiro atoms. The molecule has 0 atom stereocenters. The Labute approximate surface area is 136 Å². The summed E-state index contributed by atoms with van der Waals surface area (Å²) in [6.45, 7) is 2.27. The smallest absolute Gasteiger partial charge is 0.124 e. The summed E-state index contributed by atoms with van der Waals surface area (Å²) in [6, 6.07) is 5.30. The summed E-state index contributed by atoms with van der Waals surface area (Å²) in [4.78, 5) is 0. The molecule has 0 saturated heterocycles. The minimum atomic E-state index is -0.109. The number of unbranched alkanes of at least 4 members (excludes halogenated alkanes) is 3. The van der Waals surface area contributed by atoms with Gasteiger partial charge in [0.1, 0.15) is 5.82 Å². The highest BCUT2D eigenvalue weighted by atomic mass is 127. The first-order valence-electron chi connectivity index (χ1n) is 8.15. The van der Waals surface area contributed by atoms with Gasteiger partial charge in [-0.3, -0.25) is 0 Å². The number of hydrogen-bond acceptors (Lipinski definition) is 0. The Bertz CT molecular complexity index is 408. The van der Waals surface area contributed by atoms with Crippen molar-refractivity contribution in [1.29, 1.82) is 0 Å². The van der Waals surface area contributed by atoms with Crippen LogP contribution in [0.15, 0.2) is 18.2 Å². The second-order valence-electron chi connectivity index (χ2n) is 6.23. The molecule has 0 radical (unpaired) electrons. The van der Waals surface area contributed by atoms with Gasteiger partial charge in [-0.2, -0.15) is 0 Å². The summed E-state index contributed by atoms with van der Waals surface area (Å²) in [7, 11) is 0. The van der Waals surface area contributed by atoms with Crippen LogP contribution in [0.2, 0.25) is 0 Å². The monoisotopic (exact) mass is 388 g/mol. The normalized spacial score (nSPS) is 22.9. The van der Waals surface area contributed by atoms with E-state index in [9.17, 15) is 4.39 Å². The van der Waals surface area contributed by atoms with Crippen LogP contribution in [0.3, 0.4) is 0 Å². The summed E-state index contributed by atoms with van der Waals surface area (Å²) in [5.74, 6) is 1.50. The number of benzene rings is 1. The molecule has 0 aromatic heterocycles. The molecule has 0 nitrogen and oxygen atoms in total. The molecule has 0 N–H and O–H groups in total. The number of rotatable bonds is 6. The molecule has 0 aliphatic heterocycles. The van der Waals surface area contributed by atoms with Gasteiger partial charge >= 0.3 is 0 Å². The quantitative estimate of drug-likeness (QED) is 0.377. The van der Waals surface area contributed by atoms with Gasteiger partial charge < -0.3 is 0 Å². The van der Waals surface area contributed by atoms with Crippen LogP contribution in [0.1, 0.15) is 76.2 Å². The van der Waals surface area contributed by atoms with E-state index < -0.39 is 0 Å². The van der Waals surface area contributed by atoms with Gasteiger partial charge in [0.25, 0.3) is 0 Å². The molecule has 2 rings (SSSR count). The average Bonchev–Trinajstić information content (AvgIpc) is 2.45. The van der Waals surface area contributed by atoms with Gasteiger partial charge in [-0.15, -0.1) is 0 Å². The molecule has 1 fully saturated rings. The Hall–Kier alpha value is -0.120. The highest BCUT2D eigenvalue weighted by Gasteiger charge is 2.23. The van der Waals surface area contributed by atoms with Gasteiger partial charge in [0.15, 0.2) is 0 Å². The maximum absolute atomic E-state index is 13.2. The van der Waals surface area contributed by atoms with Crippen LogP contribution in [-0.2, 0) is 0 Å². The Balaban J connectivity index is 1.79. The van der Waals surface area contributed by atoms with E-state index in [4.69, 9.17) is 0 Å². The molecular weight excluding hydrogens is 362 g/mol. The number of hydrogen-bond donors (Lipinski definition) is 0. The van der Waals surface area contributed by atoms with Crippen molar-refractivity contribution in [3.63, 3.8) is 0 Å². The van der Waals surface area contributed by atoms with Crippen molar-refractivity contribution >= 4 is 22.6 Å². The summed E-state index contributed by atoms with van der Waals surface area (Å²) >= 11 is 2.29. The zero-order chi connectivity index (χ0) is 14.4. The first kappa shape index (κ1) is 16.3. The van der Waals surface area contributed by atoms with E-state index in [-0.39, 0.29) is 5.82 Å². The second kappa shape index (κ2) is 8.35. The fourth-order valence-corrected chi connectivity index (χ4v) is 4.37. The van der Waals surface area contributed by atoms with Gasteiger partial charge in [0.05, 0.1) is 0 Å². The lowest BCUT2D eigenvalue weighted by atomic mass is 9.77. The molecular formula is C18H26FI. The van der Waals surface area contributed by atoms with Crippen molar-refractivity contribution in [3.8, 4) is 0 Å². The Morgan fingerprint density at radius 2 is 1.85 bits per heavy atom. The van der Waals surface area contributed by atoms with Crippen LogP contribution >= 0.6 is 22.6 Å². The minimum absolute atomic E-state index is 0.109. The predicted molar refractivity (Wildman–Crippen MR) is 92.6 cm³/mol. The fourth-order valence-electron chi connectivity index (χ4n) is 3.45. The van der Waals surface area contributed by atoms with Gasteiger partial charge in [-0.05, 0) is 77.8 Å². The maximum Gasteiger partial charge on any atom is 0.124 e. The molecule has 1 aliphatic rings. The Kier molecular flexibility index (Phi) is 6.79. The topological polar surface area (TPSA) is 0 Å².